The molecule has 0 radical (unpaired) electrons. The summed E-state index contributed by atoms with van der Waals surface area (Å²) in [5.74, 6) is 0.184. The summed E-state index contributed by atoms with van der Waals surface area (Å²) in [6, 6.07) is 14.5. The molecule has 1 aliphatic rings. The van der Waals surface area contributed by atoms with Gasteiger partial charge in [0.1, 0.15) is 11.2 Å². The van der Waals surface area contributed by atoms with Crippen LogP contribution in [0.1, 0.15) is 37.2 Å². The topological polar surface area (TPSA) is 33.4 Å². The van der Waals surface area contributed by atoms with Crippen molar-refractivity contribution < 1.29 is 9.52 Å². The maximum Gasteiger partial charge on any atom is 0.135 e. The van der Waals surface area contributed by atoms with Crippen molar-refractivity contribution in [2.75, 3.05) is 0 Å². The van der Waals surface area contributed by atoms with Crippen molar-refractivity contribution in [2.24, 2.45) is 0 Å². The van der Waals surface area contributed by atoms with Gasteiger partial charge in [-0.1, -0.05) is 30.3 Å². The van der Waals surface area contributed by atoms with Gasteiger partial charge in [0.15, 0.2) is 0 Å². The highest BCUT2D eigenvalue weighted by Gasteiger charge is 2.40. The van der Waals surface area contributed by atoms with E-state index in [1.54, 1.807) is 0 Å². The molecule has 2 heteroatoms. The quantitative estimate of drug-likeness (QED) is 0.676. The minimum atomic E-state index is -0.644. The highest BCUT2D eigenvalue weighted by molar-refractivity contribution is 6.05. The molecule has 112 valence electrons. The number of fused-ring (bicyclic) bond motifs is 3. The first-order valence-electron chi connectivity index (χ1n) is 7.96. The lowest BCUT2D eigenvalue weighted by Gasteiger charge is -2.29. The van der Waals surface area contributed by atoms with E-state index in [0.717, 1.165) is 41.2 Å². The van der Waals surface area contributed by atoms with Gasteiger partial charge < -0.3 is 9.52 Å². The number of para-hydroxylation sites is 1. The molecule has 0 unspecified atom stereocenters. The van der Waals surface area contributed by atoms with Crippen molar-refractivity contribution in [3.63, 3.8) is 0 Å². The number of aliphatic hydroxyl groups is 1. The van der Waals surface area contributed by atoms with Crippen molar-refractivity contribution in [1.82, 2.24) is 0 Å². The SMILES string of the molecule is C=CC[C@@]1(O)CCC[C@@H]1c1ccc2oc3ccccc3c2c1. The van der Waals surface area contributed by atoms with Crippen LogP contribution in [0.2, 0.25) is 0 Å². The Hall–Kier alpha value is -2.06. The van der Waals surface area contributed by atoms with E-state index in [9.17, 15) is 5.11 Å². The predicted molar refractivity (Wildman–Crippen MR) is 90.1 cm³/mol. The van der Waals surface area contributed by atoms with Crippen molar-refractivity contribution in [1.29, 1.82) is 0 Å². The Balaban J connectivity index is 1.85. The molecule has 1 aromatic heterocycles. The zero-order valence-corrected chi connectivity index (χ0v) is 12.6. The van der Waals surface area contributed by atoms with E-state index >= 15 is 0 Å². The Labute approximate surface area is 130 Å². The number of benzene rings is 2. The summed E-state index contributed by atoms with van der Waals surface area (Å²) >= 11 is 0. The van der Waals surface area contributed by atoms with Gasteiger partial charge in [0.25, 0.3) is 0 Å². The van der Waals surface area contributed by atoms with Crippen molar-refractivity contribution in [3.05, 3.63) is 60.7 Å². The molecule has 0 aliphatic heterocycles. The van der Waals surface area contributed by atoms with E-state index in [1.807, 2.05) is 30.3 Å². The maximum absolute atomic E-state index is 10.9. The van der Waals surface area contributed by atoms with Gasteiger partial charge in [0, 0.05) is 16.7 Å². The molecule has 22 heavy (non-hydrogen) atoms. The molecule has 1 N–H and O–H groups in total. The first-order valence-corrected chi connectivity index (χ1v) is 7.96. The van der Waals surface area contributed by atoms with Gasteiger partial charge in [0.2, 0.25) is 0 Å². The molecule has 1 saturated carbocycles. The van der Waals surface area contributed by atoms with Gasteiger partial charge in [-0.05, 0) is 49.4 Å². The van der Waals surface area contributed by atoms with Gasteiger partial charge in [-0.25, -0.2) is 0 Å². The van der Waals surface area contributed by atoms with Crippen LogP contribution in [0.4, 0.5) is 0 Å². The number of furan rings is 1. The first-order chi connectivity index (χ1) is 10.7. The molecule has 2 atom stereocenters. The normalized spacial score (nSPS) is 25.0. The van der Waals surface area contributed by atoms with Crippen LogP contribution < -0.4 is 0 Å². The Morgan fingerprint density at radius 2 is 2.00 bits per heavy atom. The van der Waals surface area contributed by atoms with Crippen LogP contribution in [-0.2, 0) is 0 Å². The van der Waals surface area contributed by atoms with Crippen molar-refractivity contribution in [2.45, 2.75) is 37.2 Å². The number of hydrogen-bond donors (Lipinski definition) is 1. The molecule has 0 amide bonds. The molecule has 0 saturated heterocycles. The lowest BCUT2D eigenvalue weighted by molar-refractivity contribution is 0.0330. The van der Waals surface area contributed by atoms with Crippen molar-refractivity contribution >= 4 is 21.9 Å². The third-order valence-electron chi connectivity index (χ3n) is 5.05. The largest absolute Gasteiger partial charge is 0.456 e. The summed E-state index contributed by atoms with van der Waals surface area (Å²) < 4.78 is 5.89. The van der Waals surface area contributed by atoms with Gasteiger partial charge in [-0.15, -0.1) is 6.58 Å². The summed E-state index contributed by atoms with van der Waals surface area (Å²) in [6.45, 7) is 3.81. The van der Waals surface area contributed by atoms with Crippen LogP contribution >= 0.6 is 0 Å². The molecular formula is C20H20O2. The van der Waals surface area contributed by atoms with Crippen molar-refractivity contribution in [3.8, 4) is 0 Å². The molecule has 2 aromatic carbocycles. The van der Waals surface area contributed by atoms with E-state index in [4.69, 9.17) is 4.42 Å². The van der Waals surface area contributed by atoms with Crippen LogP contribution in [0.3, 0.4) is 0 Å². The average Bonchev–Trinajstić information content (AvgIpc) is 3.07. The van der Waals surface area contributed by atoms with E-state index < -0.39 is 5.60 Å². The molecule has 2 nitrogen and oxygen atoms in total. The minimum absolute atomic E-state index is 0.184. The molecule has 1 aliphatic carbocycles. The smallest absolute Gasteiger partial charge is 0.135 e. The summed E-state index contributed by atoms with van der Waals surface area (Å²) in [5.41, 5.74) is 2.40. The minimum Gasteiger partial charge on any atom is -0.456 e. The van der Waals surface area contributed by atoms with E-state index in [-0.39, 0.29) is 5.92 Å². The first kappa shape index (κ1) is 13.6. The van der Waals surface area contributed by atoms with Gasteiger partial charge in [0.05, 0.1) is 5.60 Å². The lowest BCUT2D eigenvalue weighted by Crippen LogP contribution is -2.30. The van der Waals surface area contributed by atoms with Crippen LogP contribution in [0.5, 0.6) is 0 Å². The van der Waals surface area contributed by atoms with E-state index in [0.29, 0.717) is 6.42 Å². The molecule has 0 spiro atoms. The third-order valence-corrected chi connectivity index (χ3v) is 5.05. The summed E-state index contributed by atoms with van der Waals surface area (Å²) in [5, 5.41) is 13.2. The average molecular weight is 292 g/mol. The van der Waals surface area contributed by atoms with E-state index in [2.05, 4.69) is 24.8 Å². The number of hydrogen-bond acceptors (Lipinski definition) is 2. The third kappa shape index (κ3) is 1.98. The predicted octanol–water partition coefficient (Wildman–Crippen LogP) is 5.16. The molecule has 1 heterocycles. The fourth-order valence-corrected chi connectivity index (χ4v) is 3.99. The Kier molecular flexibility index (Phi) is 3.08. The molecule has 0 bridgehead atoms. The summed E-state index contributed by atoms with van der Waals surface area (Å²) in [4.78, 5) is 0. The highest BCUT2D eigenvalue weighted by atomic mass is 16.3. The highest BCUT2D eigenvalue weighted by Crippen LogP contribution is 2.46. The molecule has 4 rings (SSSR count). The van der Waals surface area contributed by atoms with Crippen LogP contribution in [0.25, 0.3) is 21.9 Å². The summed E-state index contributed by atoms with van der Waals surface area (Å²) in [6.07, 6.45) is 5.45. The fraction of sp³-hybridized carbons (Fsp3) is 0.300. The van der Waals surface area contributed by atoms with Gasteiger partial charge >= 0.3 is 0 Å². The second-order valence-electron chi connectivity index (χ2n) is 6.40. The lowest BCUT2D eigenvalue weighted by atomic mass is 9.82. The number of rotatable bonds is 3. The summed E-state index contributed by atoms with van der Waals surface area (Å²) in [7, 11) is 0. The second-order valence-corrected chi connectivity index (χ2v) is 6.40. The zero-order valence-electron chi connectivity index (χ0n) is 12.6. The standard InChI is InChI=1S/C20H20O2/c1-2-11-20(21)12-5-7-17(20)14-9-10-19-16(13-14)15-6-3-4-8-18(15)22-19/h2-4,6,8-10,13,17,21H,1,5,7,11-12H2/t17-,20-/m1/s1. The van der Waals surface area contributed by atoms with Crippen LogP contribution in [0.15, 0.2) is 59.5 Å². The van der Waals surface area contributed by atoms with Gasteiger partial charge in [-0.3, -0.25) is 0 Å². The molecular weight excluding hydrogens is 272 g/mol. The monoisotopic (exact) mass is 292 g/mol. The van der Waals surface area contributed by atoms with Gasteiger partial charge in [-0.2, -0.15) is 0 Å². The Morgan fingerprint density at radius 3 is 2.86 bits per heavy atom. The van der Waals surface area contributed by atoms with Crippen LogP contribution in [0, 0.1) is 0 Å². The fourth-order valence-electron chi connectivity index (χ4n) is 3.99. The zero-order chi connectivity index (χ0) is 15.2. The second kappa shape index (κ2) is 4.99. The Bertz CT molecular complexity index is 845. The Morgan fingerprint density at radius 1 is 1.18 bits per heavy atom. The maximum atomic E-state index is 10.9. The van der Waals surface area contributed by atoms with Crippen LogP contribution in [-0.4, -0.2) is 10.7 Å². The molecule has 1 fully saturated rings. The molecule has 3 aromatic rings. The van der Waals surface area contributed by atoms with E-state index in [1.165, 1.54) is 5.56 Å².